The van der Waals surface area contributed by atoms with Crippen LogP contribution in [0.1, 0.15) is 6.92 Å². The second kappa shape index (κ2) is 5.19. The molecule has 1 fully saturated rings. The molecule has 1 aromatic heterocycles. The van der Waals surface area contributed by atoms with E-state index in [4.69, 9.17) is 0 Å². The molecule has 2 rings (SSSR count). The molecular formula is C10H14N4O4S. The van der Waals surface area contributed by atoms with Gasteiger partial charge in [-0.05, 0) is 22.9 Å². The summed E-state index contributed by atoms with van der Waals surface area (Å²) in [5.74, 6) is -0.368. The van der Waals surface area contributed by atoms with Crippen molar-refractivity contribution in [1.29, 1.82) is 0 Å². The molecule has 0 radical (unpaired) electrons. The minimum atomic E-state index is -3.63. The van der Waals surface area contributed by atoms with Crippen LogP contribution in [-0.2, 0) is 10.0 Å². The highest BCUT2D eigenvalue weighted by molar-refractivity contribution is 7.89. The number of piperazine rings is 1. The summed E-state index contributed by atoms with van der Waals surface area (Å²) in [7, 11) is -3.63. The highest BCUT2D eigenvalue weighted by Gasteiger charge is 2.29. The Labute approximate surface area is 110 Å². The van der Waals surface area contributed by atoms with Crippen LogP contribution in [0.15, 0.2) is 23.2 Å². The number of aromatic nitrogens is 1. The molecule has 0 amide bonds. The molecule has 1 aromatic rings. The Bertz CT molecular complexity index is 572. The van der Waals surface area contributed by atoms with Crippen molar-refractivity contribution in [1.82, 2.24) is 14.6 Å². The van der Waals surface area contributed by atoms with Gasteiger partial charge in [-0.15, -0.1) is 0 Å². The van der Waals surface area contributed by atoms with Crippen molar-refractivity contribution in [2.24, 2.45) is 0 Å². The third-order valence-electron chi connectivity index (χ3n) is 2.88. The number of nitrogens with zero attached hydrogens (tertiary/aromatic N) is 3. The fourth-order valence-corrected chi connectivity index (χ4v) is 3.37. The number of rotatable bonds is 3. The first kappa shape index (κ1) is 13.8. The summed E-state index contributed by atoms with van der Waals surface area (Å²) in [4.78, 5) is 13.3. The summed E-state index contributed by atoms with van der Waals surface area (Å²) >= 11 is 0. The SMILES string of the molecule is C[C@H]1CN(S(=O)(=O)c2ccc([N+](=O)[O-])nc2)CCN1. The van der Waals surface area contributed by atoms with Gasteiger partial charge in [0, 0.05) is 31.7 Å². The second-order valence-corrected chi connectivity index (χ2v) is 6.27. The van der Waals surface area contributed by atoms with Crippen LogP contribution in [0.4, 0.5) is 5.82 Å². The Morgan fingerprint density at radius 3 is 2.79 bits per heavy atom. The molecular weight excluding hydrogens is 272 g/mol. The van der Waals surface area contributed by atoms with Gasteiger partial charge >= 0.3 is 5.82 Å². The third kappa shape index (κ3) is 2.88. The van der Waals surface area contributed by atoms with E-state index in [1.165, 1.54) is 10.4 Å². The topological polar surface area (TPSA) is 105 Å². The average Bonchev–Trinajstić information content (AvgIpc) is 2.39. The highest BCUT2D eigenvalue weighted by Crippen LogP contribution is 2.18. The number of hydrogen-bond donors (Lipinski definition) is 1. The molecule has 1 atom stereocenters. The Morgan fingerprint density at radius 1 is 1.53 bits per heavy atom. The molecule has 0 bridgehead atoms. The van der Waals surface area contributed by atoms with Crippen molar-refractivity contribution < 1.29 is 13.3 Å². The largest absolute Gasteiger partial charge is 0.363 e. The Kier molecular flexibility index (Phi) is 3.78. The first-order chi connectivity index (χ1) is 8.91. The van der Waals surface area contributed by atoms with Gasteiger partial charge in [0.1, 0.15) is 4.90 Å². The molecule has 1 aliphatic rings. The van der Waals surface area contributed by atoms with Crippen LogP contribution in [0.2, 0.25) is 0 Å². The smallest absolute Gasteiger partial charge is 0.358 e. The van der Waals surface area contributed by atoms with Crippen molar-refractivity contribution in [2.75, 3.05) is 19.6 Å². The molecule has 1 aliphatic heterocycles. The predicted molar refractivity (Wildman–Crippen MR) is 67.1 cm³/mol. The summed E-state index contributed by atoms with van der Waals surface area (Å²) in [5.41, 5.74) is 0. The zero-order chi connectivity index (χ0) is 14.0. The first-order valence-corrected chi connectivity index (χ1v) is 7.19. The minimum absolute atomic E-state index is 0.0211. The maximum atomic E-state index is 12.3. The zero-order valence-electron chi connectivity index (χ0n) is 10.3. The fraction of sp³-hybridized carbons (Fsp3) is 0.500. The zero-order valence-corrected chi connectivity index (χ0v) is 11.1. The molecule has 0 unspecified atom stereocenters. The first-order valence-electron chi connectivity index (χ1n) is 5.75. The van der Waals surface area contributed by atoms with Crippen LogP contribution < -0.4 is 5.32 Å². The van der Waals surface area contributed by atoms with E-state index >= 15 is 0 Å². The van der Waals surface area contributed by atoms with E-state index in [0.717, 1.165) is 12.3 Å². The van der Waals surface area contributed by atoms with E-state index in [2.05, 4.69) is 10.3 Å². The summed E-state index contributed by atoms with van der Waals surface area (Å²) in [6, 6.07) is 2.39. The molecule has 9 heteroatoms. The standard InChI is InChI=1S/C10H14N4O4S/c1-8-7-13(5-4-11-8)19(17,18)9-2-3-10(12-6-9)14(15)16/h2-3,6,8,11H,4-5,7H2,1H3/t8-/m0/s1. The van der Waals surface area contributed by atoms with Gasteiger partial charge in [-0.1, -0.05) is 0 Å². The second-order valence-electron chi connectivity index (χ2n) is 4.33. The number of nitrogens with one attached hydrogen (secondary N) is 1. The van der Waals surface area contributed by atoms with E-state index in [-0.39, 0.29) is 16.8 Å². The van der Waals surface area contributed by atoms with Gasteiger partial charge in [0.05, 0.1) is 0 Å². The van der Waals surface area contributed by atoms with E-state index < -0.39 is 14.9 Å². The van der Waals surface area contributed by atoms with Crippen LogP contribution >= 0.6 is 0 Å². The van der Waals surface area contributed by atoms with E-state index in [1.54, 1.807) is 0 Å². The van der Waals surface area contributed by atoms with Gasteiger partial charge in [-0.25, -0.2) is 8.42 Å². The molecule has 0 spiro atoms. The number of hydrogen-bond acceptors (Lipinski definition) is 6. The minimum Gasteiger partial charge on any atom is -0.358 e. The molecule has 0 aliphatic carbocycles. The average molecular weight is 286 g/mol. The lowest BCUT2D eigenvalue weighted by Crippen LogP contribution is -2.51. The number of sulfonamides is 1. The summed E-state index contributed by atoms with van der Waals surface area (Å²) in [6.45, 7) is 3.24. The molecule has 0 saturated carbocycles. The molecule has 8 nitrogen and oxygen atoms in total. The van der Waals surface area contributed by atoms with Crippen LogP contribution in [0, 0.1) is 10.1 Å². The molecule has 19 heavy (non-hydrogen) atoms. The lowest BCUT2D eigenvalue weighted by Gasteiger charge is -2.30. The van der Waals surface area contributed by atoms with Crippen LogP contribution in [0.25, 0.3) is 0 Å². The van der Waals surface area contributed by atoms with Gasteiger partial charge in [0.15, 0.2) is 6.20 Å². The van der Waals surface area contributed by atoms with E-state index in [9.17, 15) is 18.5 Å². The molecule has 1 saturated heterocycles. The molecule has 1 N–H and O–H groups in total. The maximum absolute atomic E-state index is 12.3. The van der Waals surface area contributed by atoms with Gasteiger partial charge in [0.25, 0.3) is 0 Å². The van der Waals surface area contributed by atoms with Crippen molar-refractivity contribution in [3.8, 4) is 0 Å². The summed E-state index contributed by atoms with van der Waals surface area (Å²) in [5, 5.41) is 13.6. The predicted octanol–water partition coefficient (Wildman–Crippen LogP) is -0.0278. The lowest BCUT2D eigenvalue weighted by molar-refractivity contribution is -0.389. The molecule has 2 heterocycles. The number of nitro groups is 1. The highest BCUT2D eigenvalue weighted by atomic mass is 32.2. The maximum Gasteiger partial charge on any atom is 0.363 e. The van der Waals surface area contributed by atoms with Crippen LogP contribution in [0.3, 0.4) is 0 Å². The van der Waals surface area contributed by atoms with Gasteiger partial charge in [-0.2, -0.15) is 4.31 Å². The van der Waals surface area contributed by atoms with Crippen molar-refractivity contribution >= 4 is 15.8 Å². The quantitative estimate of drug-likeness (QED) is 0.618. The fourth-order valence-electron chi connectivity index (χ4n) is 1.90. The van der Waals surface area contributed by atoms with Crippen LogP contribution in [0.5, 0.6) is 0 Å². The van der Waals surface area contributed by atoms with Gasteiger partial charge < -0.3 is 15.4 Å². The molecule has 104 valence electrons. The van der Waals surface area contributed by atoms with Gasteiger partial charge in [0.2, 0.25) is 10.0 Å². The number of pyridine rings is 1. The van der Waals surface area contributed by atoms with E-state index in [0.29, 0.717) is 19.6 Å². The molecule has 0 aromatic carbocycles. The normalized spacial score (nSPS) is 21.2. The van der Waals surface area contributed by atoms with Crippen molar-refractivity contribution in [2.45, 2.75) is 17.9 Å². The van der Waals surface area contributed by atoms with Gasteiger partial charge in [-0.3, -0.25) is 0 Å². The van der Waals surface area contributed by atoms with Crippen LogP contribution in [-0.4, -0.2) is 48.3 Å². The third-order valence-corrected chi connectivity index (χ3v) is 4.73. The Hall–Kier alpha value is -1.58. The van der Waals surface area contributed by atoms with Crippen molar-refractivity contribution in [3.63, 3.8) is 0 Å². The van der Waals surface area contributed by atoms with E-state index in [1.807, 2.05) is 6.92 Å². The summed E-state index contributed by atoms with van der Waals surface area (Å²) in [6.07, 6.45) is 1.03. The monoisotopic (exact) mass is 286 g/mol. The Balaban J connectivity index is 2.26. The Morgan fingerprint density at radius 2 is 2.26 bits per heavy atom. The van der Waals surface area contributed by atoms with Crippen molar-refractivity contribution in [3.05, 3.63) is 28.4 Å². The summed E-state index contributed by atoms with van der Waals surface area (Å²) < 4.78 is 26.0. The lowest BCUT2D eigenvalue weighted by atomic mass is 10.3.